The maximum atomic E-state index is 13.7. The molecule has 0 saturated carbocycles. The topological polar surface area (TPSA) is 108 Å². The lowest BCUT2D eigenvalue weighted by Gasteiger charge is -2.29. The van der Waals surface area contributed by atoms with E-state index in [1.807, 2.05) is 30.3 Å². The van der Waals surface area contributed by atoms with Gasteiger partial charge in [-0.25, -0.2) is 0 Å². The lowest BCUT2D eigenvalue weighted by atomic mass is 9.81. The summed E-state index contributed by atoms with van der Waals surface area (Å²) in [5, 5.41) is 2.93. The SMILES string of the molecule is CCOC(=O)C(COC(=O)Cc1ccc(NC(=O)c2ccccc2-c2ccc(C(F)(F)F)cc2)c(-c2ccccc2)c1)(C(=O)OCC)c1ccccc1. The monoisotopic (exact) mass is 723 g/mol. The molecule has 5 aromatic rings. The Bertz CT molecular complexity index is 2050. The molecule has 1 amide bonds. The second-order valence-corrected chi connectivity index (χ2v) is 11.9. The van der Waals surface area contributed by atoms with Gasteiger partial charge in [0.25, 0.3) is 5.91 Å². The van der Waals surface area contributed by atoms with Crippen LogP contribution in [0, 0.1) is 0 Å². The van der Waals surface area contributed by atoms with Crippen molar-refractivity contribution < 1.29 is 46.6 Å². The molecule has 0 spiro atoms. The zero-order valence-corrected chi connectivity index (χ0v) is 28.9. The van der Waals surface area contributed by atoms with E-state index in [2.05, 4.69) is 5.32 Å². The molecule has 1 N–H and O–H groups in total. The predicted octanol–water partition coefficient (Wildman–Crippen LogP) is 8.44. The molecule has 0 aliphatic carbocycles. The van der Waals surface area contributed by atoms with E-state index in [-0.39, 0.29) is 30.8 Å². The van der Waals surface area contributed by atoms with Crippen LogP contribution in [0.2, 0.25) is 0 Å². The maximum Gasteiger partial charge on any atom is 0.416 e. The van der Waals surface area contributed by atoms with E-state index in [4.69, 9.17) is 14.2 Å². The lowest BCUT2D eigenvalue weighted by molar-refractivity contribution is -0.170. The van der Waals surface area contributed by atoms with Crippen LogP contribution in [0.5, 0.6) is 0 Å². The number of alkyl halides is 3. The quantitative estimate of drug-likeness (QED) is 0.0738. The molecule has 0 bridgehead atoms. The summed E-state index contributed by atoms with van der Waals surface area (Å²) in [7, 11) is 0. The Morgan fingerprint density at radius 1 is 0.604 bits per heavy atom. The van der Waals surface area contributed by atoms with E-state index in [0.29, 0.717) is 27.9 Å². The Labute approximate surface area is 304 Å². The molecule has 0 fully saturated rings. The number of nitrogens with one attached hydrogen (secondary N) is 1. The first-order valence-electron chi connectivity index (χ1n) is 16.8. The van der Waals surface area contributed by atoms with Gasteiger partial charge < -0.3 is 19.5 Å². The first-order chi connectivity index (χ1) is 25.5. The van der Waals surface area contributed by atoms with Crippen LogP contribution in [0.1, 0.15) is 40.9 Å². The number of carbonyl (C=O) groups is 4. The van der Waals surface area contributed by atoms with Gasteiger partial charge in [0.15, 0.2) is 0 Å². The molecule has 5 aromatic carbocycles. The number of carbonyl (C=O) groups excluding carboxylic acids is 4. The molecule has 0 saturated heterocycles. The average molecular weight is 724 g/mol. The van der Waals surface area contributed by atoms with Gasteiger partial charge in [-0.05, 0) is 72.0 Å². The van der Waals surface area contributed by atoms with E-state index < -0.39 is 47.6 Å². The van der Waals surface area contributed by atoms with Crippen molar-refractivity contribution in [1.29, 1.82) is 0 Å². The zero-order chi connectivity index (χ0) is 38.0. The highest BCUT2D eigenvalue weighted by Gasteiger charge is 2.52. The van der Waals surface area contributed by atoms with Crippen molar-refractivity contribution >= 4 is 29.5 Å². The van der Waals surface area contributed by atoms with Gasteiger partial charge in [-0.3, -0.25) is 19.2 Å². The third-order valence-electron chi connectivity index (χ3n) is 8.42. The molecule has 0 heterocycles. The minimum Gasteiger partial charge on any atom is -0.465 e. The van der Waals surface area contributed by atoms with E-state index in [1.54, 1.807) is 86.6 Å². The fraction of sp³-hybridized carbons (Fsp3) is 0.190. The van der Waals surface area contributed by atoms with E-state index in [1.165, 1.54) is 12.1 Å². The summed E-state index contributed by atoms with van der Waals surface area (Å²) in [6.07, 6.45) is -4.74. The fourth-order valence-electron chi connectivity index (χ4n) is 5.79. The number of benzene rings is 5. The third kappa shape index (κ3) is 8.81. The van der Waals surface area contributed by atoms with Crippen molar-refractivity contribution in [2.24, 2.45) is 0 Å². The molecule has 0 aliphatic heterocycles. The zero-order valence-electron chi connectivity index (χ0n) is 28.9. The summed E-state index contributed by atoms with van der Waals surface area (Å²) in [6, 6.07) is 33.4. The van der Waals surface area contributed by atoms with Crippen LogP contribution >= 0.6 is 0 Å². The van der Waals surface area contributed by atoms with Crippen LogP contribution in [0.4, 0.5) is 18.9 Å². The number of rotatable bonds is 13. The molecule has 8 nitrogen and oxygen atoms in total. The van der Waals surface area contributed by atoms with Crippen LogP contribution < -0.4 is 5.32 Å². The standard InChI is InChI=1S/C42H36F3NO7/c1-3-51-39(49)41(40(50)52-4-2,31-15-9-6-10-16-31)27-53-37(47)26-28-19-24-36(35(25-28)29-13-7-5-8-14-29)46-38(48)34-18-12-11-17-33(34)30-20-22-32(23-21-30)42(43,44)45/h5-25H,3-4,26-27H2,1-2H3,(H,46,48). The minimum absolute atomic E-state index is 0.0213. The number of halogens is 3. The molecule has 0 atom stereocenters. The van der Waals surface area contributed by atoms with Gasteiger partial charge in [0, 0.05) is 16.8 Å². The van der Waals surface area contributed by atoms with Gasteiger partial charge in [-0.15, -0.1) is 0 Å². The van der Waals surface area contributed by atoms with Crippen LogP contribution in [0.3, 0.4) is 0 Å². The van der Waals surface area contributed by atoms with Crippen molar-refractivity contribution in [2.75, 3.05) is 25.1 Å². The summed E-state index contributed by atoms with van der Waals surface area (Å²) < 4.78 is 55.7. The van der Waals surface area contributed by atoms with Gasteiger partial charge in [0.2, 0.25) is 5.41 Å². The second kappa shape index (κ2) is 16.9. The smallest absolute Gasteiger partial charge is 0.416 e. The van der Waals surface area contributed by atoms with E-state index in [9.17, 15) is 32.3 Å². The predicted molar refractivity (Wildman–Crippen MR) is 193 cm³/mol. The molecule has 0 unspecified atom stereocenters. The van der Waals surface area contributed by atoms with Crippen molar-refractivity contribution in [3.05, 3.63) is 150 Å². The summed E-state index contributed by atoms with van der Waals surface area (Å²) >= 11 is 0. The number of amides is 1. The molecular weight excluding hydrogens is 687 g/mol. The first kappa shape index (κ1) is 38.0. The summed E-state index contributed by atoms with van der Waals surface area (Å²) in [5.41, 5.74) is 0.730. The summed E-state index contributed by atoms with van der Waals surface area (Å²) in [6.45, 7) is 2.49. The minimum atomic E-state index is -4.50. The lowest BCUT2D eigenvalue weighted by Crippen LogP contribution is -2.50. The van der Waals surface area contributed by atoms with Crippen LogP contribution in [0.15, 0.2) is 127 Å². The van der Waals surface area contributed by atoms with Gasteiger partial charge in [0.1, 0.15) is 6.61 Å². The average Bonchev–Trinajstić information content (AvgIpc) is 3.16. The van der Waals surface area contributed by atoms with E-state index >= 15 is 0 Å². The maximum absolute atomic E-state index is 13.7. The van der Waals surface area contributed by atoms with Gasteiger partial charge in [-0.1, -0.05) is 97.1 Å². The highest BCUT2D eigenvalue weighted by molar-refractivity contribution is 6.10. The second-order valence-electron chi connectivity index (χ2n) is 11.9. The fourth-order valence-corrected chi connectivity index (χ4v) is 5.79. The van der Waals surface area contributed by atoms with Crippen LogP contribution in [-0.2, 0) is 46.6 Å². The highest BCUT2D eigenvalue weighted by Crippen LogP contribution is 2.34. The van der Waals surface area contributed by atoms with Crippen LogP contribution in [0.25, 0.3) is 22.3 Å². The van der Waals surface area contributed by atoms with Crippen molar-refractivity contribution in [1.82, 2.24) is 0 Å². The Hall–Kier alpha value is -6.23. The molecule has 53 heavy (non-hydrogen) atoms. The first-order valence-corrected chi connectivity index (χ1v) is 16.8. The molecule has 0 aliphatic rings. The number of esters is 3. The molecule has 5 rings (SSSR count). The van der Waals surface area contributed by atoms with Crippen molar-refractivity contribution in [2.45, 2.75) is 31.9 Å². The largest absolute Gasteiger partial charge is 0.465 e. The third-order valence-corrected chi connectivity index (χ3v) is 8.42. The van der Waals surface area contributed by atoms with Crippen molar-refractivity contribution in [3.8, 4) is 22.3 Å². The number of hydrogen-bond acceptors (Lipinski definition) is 7. The van der Waals surface area contributed by atoms with E-state index in [0.717, 1.165) is 17.7 Å². The highest BCUT2D eigenvalue weighted by atomic mass is 19.4. The summed E-state index contributed by atoms with van der Waals surface area (Å²) in [4.78, 5) is 53.8. The Balaban J connectivity index is 1.41. The molecule has 0 radical (unpaired) electrons. The molecule has 272 valence electrons. The van der Waals surface area contributed by atoms with Gasteiger partial charge in [-0.2, -0.15) is 13.2 Å². The van der Waals surface area contributed by atoms with Gasteiger partial charge >= 0.3 is 24.1 Å². The van der Waals surface area contributed by atoms with Crippen molar-refractivity contribution in [3.63, 3.8) is 0 Å². The Morgan fingerprint density at radius 2 is 1.17 bits per heavy atom. The molecular formula is C42H36F3NO7. The Kier molecular flexibility index (Phi) is 12.1. The Morgan fingerprint density at radius 3 is 1.77 bits per heavy atom. The number of ether oxygens (including phenoxy) is 3. The number of hydrogen-bond donors (Lipinski definition) is 1. The summed E-state index contributed by atoms with van der Waals surface area (Å²) in [5.74, 6) is -3.06. The molecule has 0 aromatic heterocycles. The van der Waals surface area contributed by atoms with Gasteiger partial charge in [0.05, 0.1) is 25.2 Å². The number of anilines is 1. The van der Waals surface area contributed by atoms with Crippen LogP contribution in [-0.4, -0.2) is 43.6 Å². The molecule has 11 heteroatoms. The normalized spacial score (nSPS) is 11.3.